The number of rotatable bonds is 7. The number of hydrogen-bond acceptors (Lipinski definition) is 3. The zero-order chi connectivity index (χ0) is 15.0. The predicted octanol–water partition coefficient (Wildman–Crippen LogP) is 1.56. The van der Waals surface area contributed by atoms with Crippen LogP contribution in [0.1, 0.15) is 32.6 Å². The topological polar surface area (TPSA) is 78.9 Å². The van der Waals surface area contributed by atoms with Gasteiger partial charge in [0.25, 0.3) is 0 Å². The number of nitrogens with one attached hydrogen (secondary N) is 1. The molecule has 0 aromatic carbocycles. The lowest BCUT2D eigenvalue weighted by molar-refractivity contribution is -0.137. The normalized spacial score (nSPS) is 22.3. The molecule has 0 aromatic heterocycles. The van der Waals surface area contributed by atoms with Gasteiger partial charge in [0.05, 0.1) is 6.61 Å². The molecule has 0 unspecified atom stereocenters. The molecule has 6 nitrogen and oxygen atoms in total. The van der Waals surface area contributed by atoms with Crippen LogP contribution in [-0.2, 0) is 9.53 Å². The van der Waals surface area contributed by atoms with E-state index in [4.69, 9.17) is 9.84 Å². The van der Waals surface area contributed by atoms with Crippen molar-refractivity contribution in [3.63, 3.8) is 0 Å². The average molecular weight is 286 g/mol. The summed E-state index contributed by atoms with van der Waals surface area (Å²) in [5, 5.41) is 11.7. The maximum Gasteiger partial charge on any atom is 0.323 e. The van der Waals surface area contributed by atoms with Gasteiger partial charge in [-0.1, -0.05) is 19.8 Å². The molecule has 1 aliphatic carbocycles. The van der Waals surface area contributed by atoms with Gasteiger partial charge < -0.3 is 20.1 Å². The maximum absolute atomic E-state index is 12.0. The molecule has 0 radical (unpaired) electrons. The van der Waals surface area contributed by atoms with Gasteiger partial charge in [-0.15, -0.1) is 0 Å². The number of ether oxygens (including phenoxy) is 1. The van der Waals surface area contributed by atoms with E-state index in [1.165, 1.54) is 24.9 Å². The molecule has 1 saturated carbocycles. The van der Waals surface area contributed by atoms with Gasteiger partial charge in [0.15, 0.2) is 0 Å². The molecule has 1 aliphatic rings. The molecule has 0 aromatic rings. The van der Waals surface area contributed by atoms with Crippen molar-refractivity contribution < 1.29 is 19.4 Å². The first-order valence-corrected chi connectivity index (χ1v) is 7.26. The number of carbonyl (C=O) groups excluding carboxylic acids is 1. The molecule has 0 aliphatic heterocycles. The molecule has 0 bridgehead atoms. The second-order valence-electron chi connectivity index (χ2n) is 5.62. The van der Waals surface area contributed by atoms with Crippen LogP contribution in [0.2, 0.25) is 0 Å². The highest BCUT2D eigenvalue weighted by atomic mass is 16.5. The fourth-order valence-electron chi connectivity index (χ4n) is 2.49. The number of carbonyl (C=O) groups is 2. The van der Waals surface area contributed by atoms with E-state index in [-0.39, 0.29) is 19.1 Å². The molecule has 2 amide bonds. The zero-order valence-electron chi connectivity index (χ0n) is 12.4. The quantitative estimate of drug-likeness (QED) is 0.744. The third-order valence-corrected chi connectivity index (χ3v) is 3.86. The van der Waals surface area contributed by atoms with Crippen molar-refractivity contribution in [2.45, 2.75) is 32.6 Å². The van der Waals surface area contributed by atoms with Crippen LogP contribution in [0, 0.1) is 11.8 Å². The van der Waals surface area contributed by atoms with Gasteiger partial charge in [-0.2, -0.15) is 0 Å². The maximum atomic E-state index is 12.0. The molecule has 1 rings (SSSR count). The van der Waals surface area contributed by atoms with Crippen molar-refractivity contribution in [2.75, 3.05) is 33.4 Å². The first-order valence-electron chi connectivity index (χ1n) is 7.26. The molecular weight excluding hydrogens is 260 g/mol. The van der Waals surface area contributed by atoms with E-state index in [9.17, 15) is 9.59 Å². The van der Waals surface area contributed by atoms with Crippen molar-refractivity contribution in [1.82, 2.24) is 10.2 Å². The minimum Gasteiger partial charge on any atom is -0.480 e. The van der Waals surface area contributed by atoms with Crippen LogP contribution in [0.15, 0.2) is 0 Å². The van der Waals surface area contributed by atoms with Gasteiger partial charge >= 0.3 is 12.0 Å². The first kappa shape index (κ1) is 16.8. The van der Waals surface area contributed by atoms with Crippen LogP contribution in [-0.4, -0.2) is 55.4 Å². The van der Waals surface area contributed by atoms with Crippen molar-refractivity contribution in [3.05, 3.63) is 0 Å². The van der Waals surface area contributed by atoms with Crippen LogP contribution in [0.5, 0.6) is 0 Å². The zero-order valence-corrected chi connectivity index (χ0v) is 12.4. The molecule has 0 atom stereocenters. The van der Waals surface area contributed by atoms with E-state index in [0.717, 1.165) is 18.8 Å². The van der Waals surface area contributed by atoms with E-state index in [1.807, 2.05) is 0 Å². The third kappa shape index (κ3) is 6.23. The highest BCUT2D eigenvalue weighted by Crippen LogP contribution is 2.27. The third-order valence-electron chi connectivity index (χ3n) is 3.86. The van der Waals surface area contributed by atoms with Gasteiger partial charge in [0, 0.05) is 20.2 Å². The van der Waals surface area contributed by atoms with Gasteiger partial charge in [-0.05, 0) is 24.7 Å². The van der Waals surface area contributed by atoms with E-state index in [2.05, 4.69) is 12.2 Å². The number of urea groups is 1. The Morgan fingerprint density at radius 3 is 2.50 bits per heavy atom. The smallest absolute Gasteiger partial charge is 0.323 e. The van der Waals surface area contributed by atoms with Gasteiger partial charge in [0.2, 0.25) is 0 Å². The molecule has 6 heteroatoms. The lowest BCUT2D eigenvalue weighted by Crippen LogP contribution is -2.45. The molecule has 0 spiro atoms. The minimum absolute atomic E-state index is 0.288. The minimum atomic E-state index is -1.01. The summed E-state index contributed by atoms with van der Waals surface area (Å²) in [4.78, 5) is 24.0. The summed E-state index contributed by atoms with van der Waals surface area (Å²) >= 11 is 0. The predicted molar refractivity (Wildman–Crippen MR) is 75.6 cm³/mol. The Morgan fingerprint density at radius 2 is 1.95 bits per heavy atom. The molecular formula is C14H26N2O4. The summed E-state index contributed by atoms with van der Waals surface area (Å²) in [5.74, 6) is 0.291. The summed E-state index contributed by atoms with van der Waals surface area (Å²) in [5.41, 5.74) is 0. The van der Waals surface area contributed by atoms with E-state index in [0.29, 0.717) is 19.1 Å². The van der Waals surface area contributed by atoms with Crippen molar-refractivity contribution in [2.24, 2.45) is 11.8 Å². The van der Waals surface area contributed by atoms with Crippen molar-refractivity contribution in [3.8, 4) is 0 Å². The number of hydrogen-bond donors (Lipinski definition) is 2. The number of amides is 2. The summed E-state index contributed by atoms with van der Waals surface area (Å²) in [6.07, 6.45) is 4.70. The van der Waals surface area contributed by atoms with Crippen LogP contribution in [0.25, 0.3) is 0 Å². The second kappa shape index (κ2) is 8.79. The molecule has 0 heterocycles. The molecule has 0 saturated heterocycles. The number of carboxylic acids is 1. The lowest BCUT2D eigenvalue weighted by atomic mass is 9.83. The summed E-state index contributed by atoms with van der Waals surface area (Å²) in [6.45, 7) is 3.22. The molecule has 2 N–H and O–H groups in total. The summed E-state index contributed by atoms with van der Waals surface area (Å²) in [7, 11) is 1.53. The van der Waals surface area contributed by atoms with Crippen molar-refractivity contribution in [1.29, 1.82) is 0 Å². The van der Waals surface area contributed by atoms with Crippen LogP contribution in [0.4, 0.5) is 4.79 Å². The number of nitrogens with zero attached hydrogens (tertiary/aromatic N) is 1. The van der Waals surface area contributed by atoms with E-state index < -0.39 is 5.97 Å². The van der Waals surface area contributed by atoms with Crippen LogP contribution in [0.3, 0.4) is 0 Å². The Kier molecular flexibility index (Phi) is 7.36. The Balaban J connectivity index is 2.34. The average Bonchev–Trinajstić information content (AvgIpc) is 2.42. The lowest BCUT2D eigenvalue weighted by Gasteiger charge is -2.27. The first-order chi connectivity index (χ1) is 9.52. The highest BCUT2D eigenvalue weighted by Gasteiger charge is 2.21. The molecule has 116 valence electrons. The Labute approximate surface area is 120 Å². The fourth-order valence-corrected chi connectivity index (χ4v) is 2.49. The van der Waals surface area contributed by atoms with E-state index >= 15 is 0 Å². The van der Waals surface area contributed by atoms with Crippen LogP contribution >= 0.6 is 0 Å². The number of methoxy groups -OCH3 is 1. The van der Waals surface area contributed by atoms with Gasteiger partial charge in [0.1, 0.15) is 6.54 Å². The Hall–Kier alpha value is -1.30. The molecule has 20 heavy (non-hydrogen) atoms. The number of aliphatic carboxylic acids is 1. The number of carboxylic acid groups (broad SMARTS) is 1. The Morgan fingerprint density at radius 1 is 1.30 bits per heavy atom. The monoisotopic (exact) mass is 286 g/mol. The highest BCUT2D eigenvalue weighted by molar-refractivity contribution is 5.80. The van der Waals surface area contributed by atoms with E-state index in [1.54, 1.807) is 0 Å². The second-order valence-corrected chi connectivity index (χ2v) is 5.62. The standard InChI is InChI=1S/C14H26N2O4/c1-11-3-5-12(6-4-11)9-15-14(19)16(7-8-20-2)10-13(17)18/h11-12H,3-10H2,1-2H3,(H,15,19)(H,17,18). The summed E-state index contributed by atoms with van der Waals surface area (Å²) in [6, 6.07) is -0.317. The Bertz CT molecular complexity index is 314. The largest absolute Gasteiger partial charge is 0.480 e. The van der Waals surface area contributed by atoms with Crippen molar-refractivity contribution >= 4 is 12.0 Å². The summed E-state index contributed by atoms with van der Waals surface area (Å²) < 4.78 is 4.90. The SMILES string of the molecule is COCCN(CC(=O)O)C(=O)NCC1CCC(C)CC1. The molecule has 1 fully saturated rings. The fraction of sp³-hybridized carbons (Fsp3) is 0.857. The van der Waals surface area contributed by atoms with Gasteiger partial charge in [-0.3, -0.25) is 4.79 Å². The van der Waals surface area contributed by atoms with Crippen LogP contribution < -0.4 is 5.32 Å². The van der Waals surface area contributed by atoms with Gasteiger partial charge in [-0.25, -0.2) is 4.79 Å².